The summed E-state index contributed by atoms with van der Waals surface area (Å²) in [7, 11) is 0. The van der Waals surface area contributed by atoms with Gasteiger partial charge in [-0.1, -0.05) is 19.8 Å². The summed E-state index contributed by atoms with van der Waals surface area (Å²) in [6.45, 7) is 5.79. The van der Waals surface area contributed by atoms with Crippen LogP contribution in [0.2, 0.25) is 0 Å². The van der Waals surface area contributed by atoms with Crippen LogP contribution in [0.1, 0.15) is 46.5 Å². The van der Waals surface area contributed by atoms with E-state index < -0.39 is 11.0 Å². The van der Waals surface area contributed by atoms with Crippen molar-refractivity contribution in [1.82, 2.24) is 0 Å². The summed E-state index contributed by atoms with van der Waals surface area (Å²) in [5.74, 6) is 0.308. The van der Waals surface area contributed by atoms with Crippen LogP contribution in [0.15, 0.2) is 0 Å². The van der Waals surface area contributed by atoms with Crippen molar-refractivity contribution in [2.45, 2.75) is 52.1 Å². The number of aliphatic hydroxyl groups is 1. The summed E-state index contributed by atoms with van der Waals surface area (Å²) in [6, 6.07) is 2.24. The molecule has 0 radical (unpaired) electrons. The van der Waals surface area contributed by atoms with Crippen molar-refractivity contribution < 1.29 is 5.11 Å². The zero-order valence-electron chi connectivity index (χ0n) is 8.80. The summed E-state index contributed by atoms with van der Waals surface area (Å²) in [5.41, 5.74) is -1.36. The third kappa shape index (κ3) is 1.46. The summed E-state index contributed by atoms with van der Waals surface area (Å²) < 4.78 is 0. The zero-order valence-corrected chi connectivity index (χ0v) is 8.80. The molecule has 0 aliphatic heterocycles. The topological polar surface area (TPSA) is 44.0 Å². The molecule has 0 heterocycles. The molecule has 13 heavy (non-hydrogen) atoms. The Labute approximate surface area is 80.6 Å². The lowest BCUT2D eigenvalue weighted by molar-refractivity contribution is -0.0713. The van der Waals surface area contributed by atoms with E-state index in [-0.39, 0.29) is 0 Å². The van der Waals surface area contributed by atoms with E-state index in [1.54, 1.807) is 0 Å². The largest absolute Gasteiger partial charge is 0.388 e. The predicted octanol–water partition coefficient (Wildman–Crippen LogP) is 2.48. The highest BCUT2D eigenvalue weighted by Crippen LogP contribution is 2.48. The van der Waals surface area contributed by atoms with Crippen molar-refractivity contribution in [3.05, 3.63) is 0 Å². The fourth-order valence-corrected chi connectivity index (χ4v) is 2.52. The second-order valence-corrected chi connectivity index (χ2v) is 4.66. The molecule has 0 saturated heterocycles. The van der Waals surface area contributed by atoms with Crippen molar-refractivity contribution >= 4 is 0 Å². The van der Waals surface area contributed by atoms with Gasteiger partial charge in [-0.05, 0) is 32.6 Å². The Morgan fingerprint density at radius 2 is 2.23 bits per heavy atom. The van der Waals surface area contributed by atoms with Crippen LogP contribution in [0.4, 0.5) is 0 Å². The van der Waals surface area contributed by atoms with Crippen molar-refractivity contribution in [3.8, 4) is 6.07 Å². The van der Waals surface area contributed by atoms with Crippen molar-refractivity contribution in [2.75, 3.05) is 0 Å². The fraction of sp³-hybridized carbons (Fsp3) is 0.909. The molecule has 0 amide bonds. The average molecular weight is 181 g/mol. The molecule has 0 aromatic rings. The van der Waals surface area contributed by atoms with E-state index in [0.29, 0.717) is 5.92 Å². The lowest BCUT2D eigenvalue weighted by Gasteiger charge is -2.39. The van der Waals surface area contributed by atoms with Gasteiger partial charge < -0.3 is 5.11 Å². The van der Waals surface area contributed by atoms with E-state index in [1.165, 1.54) is 0 Å². The van der Waals surface area contributed by atoms with Crippen LogP contribution in [0.5, 0.6) is 0 Å². The van der Waals surface area contributed by atoms with E-state index in [0.717, 1.165) is 25.7 Å². The molecule has 2 unspecified atom stereocenters. The van der Waals surface area contributed by atoms with Gasteiger partial charge in [-0.25, -0.2) is 0 Å². The monoisotopic (exact) mass is 181 g/mol. The minimum absolute atomic E-state index is 0.308. The van der Waals surface area contributed by atoms with Crippen LogP contribution in [-0.4, -0.2) is 10.7 Å². The maximum absolute atomic E-state index is 10.5. The van der Waals surface area contributed by atoms with Gasteiger partial charge in [0.1, 0.15) is 0 Å². The molecule has 1 saturated carbocycles. The first-order chi connectivity index (χ1) is 5.98. The van der Waals surface area contributed by atoms with E-state index in [4.69, 9.17) is 5.26 Å². The van der Waals surface area contributed by atoms with Crippen LogP contribution in [0.3, 0.4) is 0 Å². The second-order valence-electron chi connectivity index (χ2n) is 4.66. The molecule has 0 spiro atoms. The maximum atomic E-state index is 10.5. The normalized spacial score (nSPS) is 34.5. The third-order valence-electron chi connectivity index (χ3n) is 3.64. The van der Waals surface area contributed by atoms with E-state index in [9.17, 15) is 5.11 Å². The first-order valence-electron chi connectivity index (χ1n) is 5.11. The molecule has 0 bridgehead atoms. The lowest BCUT2D eigenvalue weighted by Crippen LogP contribution is -2.46. The van der Waals surface area contributed by atoms with Gasteiger partial charge in [0.2, 0.25) is 0 Å². The lowest BCUT2D eigenvalue weighted by atomic mass is 9.69. The summed E-state index contributed by atoms with van der Waals surface area (Å²) >= 11 is 0. The van der Waals surface area contributed by atoms with Crippen LogP contribution < -0.4 is 0 Å². The van der Waals surface area contributed by atoms with Gasteiger partial charge in [0.15, 0.2) is 0 Å². The van der Waals surface area contributed by atoms with Gasteiger partial charge in [-0.3, -0.25) is 0 Å². The fourth-order valence-electron chi connectivity index (χ4n) is 2.52. The van der Waals surface area contributed by atoms with Crippen molar-refractivity contribution in [1.29, 1.82) is 5.26 Å². The quantitative estimate of drug-likeness (QED) is 0.711. The van der Waals surface area contributed by atoms with Crippen LogP contribution in [0, 0.1) is 22.7 Å². The van der Waals surface area contributed by atoms with E-state index in [2.05, 4.69) is 13.0 Å². The van der Waals surface area contributed by atoms with Gasteiger partial charge in [-0.15, -0.1) is 0 Å². The zero-order chi connectivity index (χ0) is 10.1. The Bertz CT molecular complexity index is 229. The summed E-state index contributed by atoms with van der Waals surface area (Å²) in [6.07, 6.45) is 3.88. The van der Waals surface area contributed by atoms with E-state index in [1.807, 2.05) is 13.8 Å². The molecule has 74 valence electrons. The number of nitriles is 1. The third-order valence-corrected chi connectivity index (χ3v) is 3.64. The first-order valence-corrected chi connectivity index (χ1v) is 5.11. The molecule has 1 fully saturated rings. The van der Waals surface area contributed by atoms with Gasteiger partial charge in [0.25, 0.3) is 0 Å². The molecule has 1 aliphatic carbocycles. The summed E-state index contributed by atoms with van der Waals surface area (Å²) in [4.78, 5) is 0. The Hall–Kier alpha value is -0.550. The molecular weight excluding hydrogens is 162 g/mol. The SMILES string of the molecule is CCC1CCCC1(O)C(C)(C)C#N. The average Bonchev–Trinajstić information content (AvgIpc) is 2.48. The molecule has 1 rings (SSSR count). The Morgan fingerprint density at radius 1 is 1.62 bits per heavy atom. The van der Waals surface area contributed by atoms with Crippen molar-refractivity contribution in [3.63, 3.8) is 0 Å². The molecule has 2 atom stereocenters. The molecule has 2 nitrogen and oxygen atoms in total. The predicted molar refractivity (Wildman–Crippen MR) is 52.0 cm³/mol. The van der Waals surface area contributed by atoms with E-state index >= 15 is 0 Å². The first kappa shape index (κ1) is 10.5. The molecule has 1 N–H and O–H groups in total. The standard InChI is InChI=1S/C11H19NO/c1-4-9-6-5-7-11(9,13)10(2,3)8-12/h9,13H,4-7H2,1-3H3. The Balaban J connectivity index is 2.93. The van der Waals surface area contributed by atoms with Crippen LogP contribution >= 0.6 is 0 Å². The number of rotatable bonds is 2. The van der Waals surface area contributed by atoms with Gasteiger partial charge in [-0.2, -0.15) is 5.26 Å². The molecular formula is C11H19NO. The Kier molecular flexibility index (Phi) is 2.68. The Morgan fingerprint density at radius 3 is 2.69 bits per heavy atom. The van der Waals surface area contributed by atoms with Gasteiger partial charge >= 0.3 is 0 Å². The minimum Gasteiger partial charge on any atom is -0.388 e. The number of hydrogen-bond donors (Lipinski definition) is 1. The van der Waals surface area contributed by atoms with Crippen molar-refractivity contribution in [2.24, 2.45) is 11.3 Å². The number of hydrogen-bond acceptors (Lipinski definition) is 2. The van der Waals surface area contributed by atoms with Crippen LogP contribution in [0.25, 0.3) is 0 Å². The summed E-state index contributed by atoms with van der Waals surface area (Å²) in [5, 5.41) is 19.5. The van der Waals surface area contributed by atoms with Gasteiger partial charge in [0.05, 0.1) is 17.1 Å². The highest BCUT2D eigenvalue weighted by Gasteiger charge is 2.51. The molecule has 2 heteroatoms. The molecule has 0 aromatic carbocycles. The molecule has 1 aliphatic rings. The van der Waals surface area contributed by atoms with Crippen LogP contribution in [-0.2, 0) is 0 Å². The molecule has 0 aromatic heterocycles. The highest BCUT2D eigenvalue weighted by molar-refractivity contribution is 5.11. The van der Waals surface area contributed by atoms with Gasteiger partial charge in [0, 0.05) is 0 Å². The smallest absolute Gasteiger partial charge is 0.0855 e. The highest BCUT2D eigenvalue weighted by atomic mass is 16.3. The minimum atomic E-state index is -0.753. The second kappa shape index (κ2) is 3.31. The maximum Gasteiger partial charge on any atom is 0.0855 e. The number of nitrogens with zero attached hydrogens (tertiary/aromatic N) is 1.